The topological polar surface area (TPSA) is 48.5 Å². The molecule has 3 heterocycles. The van der Waals surface area contributed by atoms with Crippen LogP contribution in [0.15, 0.2) is 31.0 Å². The van der Waals surface area contributed by atoms with E-state index in [1.54, 1.807) is 12.4 Å². The van der Waals surface area contributed by atoms with Gasteiger partial charge in [0.05, 0.1) is 17.2 Å². The molecule has 0 aliphatic heterocycles. The van der Waals surface area contributed by atoms with Gasteiger partial charge < -0.3 is 9.13 Å². The molecule has 0 amide bonds. The maximum atomic E-state index is 5.98. The highest BCUT2D eigenvalue weighted by Gasteiger charge is 2.11. The fourth-order valence-electron chi connectivity index (χ4n) is 2.35. The molecule has 0 bridgehead atoms. The van der Waals surface area contributed by atoms with Gasteiger partial charge in [0.15, 0.2) is 5.65 Å². The molecule has 0 N–H and O–H groups in total. The number of imidazole rings is 2. The standard InChI is InChI=1S/C14H15Cl2N5/c15-8-13-19-12-7-11(16)9-18-14(12)21(13)5-2-1-4-20-6-3-17-10-20/h3,6-7,9-10H,1-2,4-5,8H2. The van der Waals surface area contributed by atoms with Crippen LogP contribution in [-0.2, 0) is 19.0 Å². The first-order valence-electron chi connectivity index (χ1n) is 6.80. The molecule has 0 aromatic carbocycles. The summed E-state index contributed by atoms with van der Waals surface area (Å²) < 4.78 is 4.15. The molecular weight excluding hydrogens is 309 g/mol. The highest BCUT2D eigenvalue weighted by Crippen LogP contribution is 2.19. The van der Waals surface area contributed by atoms with Gasteiger partial charge in [-0.1, -0.05) is 11.6 Å². The molecule has 0 saturated carbocycles. The molecule has 0 fully saturated rings. The quantitative estimate of drug-likeness (QED) is 0.515. The van der Waals surface area contributed by atoms with Gasteiger partial charge in [0, 0.05) is 31.7 Å². The van der Waals surface area contributed by atoms with Crippen molar-refractivity contribution < 1.29 is 0 Å². The Kier molecular flexibility index (Phi) is 4.41. The fraction of sp³-hybridized carbons (Fsp3) is 0.357. The zero-order valence-electron chi connectivity index (χ0n) is 11.4. The first-order valence-corrected chi connectivity index (χ1v) is 7.71. The molecular formula is C14H15Cl2N5. The number of unbranched alkanes of at least 4 members (excludes halogenated alkanes) is 1. The lowest BCUT2D eigenvalue weighted by molar-refractivity contribution is 0.550. The lowest BCUT2D eigenvalue weighted by atomic mass is 10.3. The number of rotatable bonds is 6. The molecule has 0 saturated heterocycles. The van der Waals surface area contributed by atoms with E-state index in [2.05, 4.69) is 24.1 Å². The van der Waals surface area contributed by atoms with Gasteiger partial charge in [0.25, 0.3) is 0 Å². The number of halogens is 2. The van der Waals surface area contributed by atoms with Crippen LogP contribution >= 0.6 is 23.2 Å². The van der Waals surface area contributed by atoms with E-state index in [0.29, 0.717) is 10.9 Å². The van der Waals surface area contributed by atoms with Gasteiger partial charge in [-0.05, 0) is 18.9 Å². The van der Waals surface area contributed by atoms with Gasteiger partial charge in [0.1, 0.15) is 11.3 Å². The van der Waals surface area contributed by atoms with Crippen molar-refractivity contribution in [3.05, 3.63) is 41.8 Å². The summed E-state index contributed by atoms with van der Waals surface area (Å²) in [6, 6.07) is 1.82. The molecule has 0 unspecified atom stereocenters. The second-order valence-corrected chi connectivity index (χ2v) is 5.52. The van der Waals surface area contributed by atoms with Gasteiger partial charge in [-0.25, -0.2) is 15.0 Å². The van der Waals surface area contributed by atoms with Crippen LogP contribution in [0.4, 0.5) is 0 Å². The van der Waals surface area contributed by atoms with E-state index in [-0.39, 0.29) is 0 Å². The Labute approximate surface area is 132 Å². The molecule has 3 aromatic rings. The Balaban J connectivity index is 1.70. The van der Waals surface area contributed by atoms with Crippen LogP contribution in [0.3, 0.4) is 0 Å². The van der Waals surface area contributed by atoms with Crippen molar-refractivity contribution in [3.8, 4) is 0 Å². The lowest BCUT2D eigenvalue weighted by Gasteiger charge is -2.07. The van der Waals surface area contributed by atoms with E-state index in [4.69, 9.17) is 23.2 Å². The van der Waals surface area contributed by atoms with Gasteiger partial charge >= 0.3 is 0 Å². The Hall–Kier alpha value is -1.59. The molecule has 0 aliphatic carbocycles. The molecule has 0 atom stereocenters. The monoisotopic (exact) mass is 323 g/mol. The van der Waals surface area contributed by atoms with Gasteiger partial charge in [-0.3, -0.25) is 0 Å². The molecule has 0 spiro atoms. The van der Waals surface area contributed by atoms with Crippen LogP contribution in [0, 0.1) is 0 Å². The Morgan fingerprint density at radius 3 is 2.81 bits per heavy atom. The largest absolute Gasteiger partial charge is 0.337 e. The molecule has 3 aromatic heterocycles. The summed E-state index contributed by atoms with van der Waals surface area (Å²) in [5.41, 5.74) is 1.64. The highest BCUT2D eigenvalue weighted by atomic mass is 35.5. The third-order valence-electron chi connectivity index (χ3n) is 3.36. The lowest BCUT2D eigenvalue weighted by Crippen LogP contribution is -2.05. The van der Waals surface area contributed by atoms with Crippen LogP contribution in [0.25, 0.3) is 11.2 Å². The Morgan fingerprint density at radius 2 is 2.05 bits per heavy atom. The van der Waals surface area contributed by atoms with Crippen LogP contribution in [0.5, 0.6) is 0 Å². The summed E-state index contributed by atoms with van der Waals surface area (Å²) in [6.07, 6.45) is 9.33. The van der Waals surface area contributed by atoms with E-state index in [9.17, 15) is 0 Å². The minimum atomic E-state index is 0.371. The molecule has 21 heavy (non-hydrogen) atoms. The Morgan fingerprint density at radius 1 is 1.19 bits per heavy atom. The summed E-state index contributed by atoms with van der Waals surface area (Å²) in [5.74, 6) is 1.21. The zero-order valence-corrected chi connectivity index (χ0v) is 12.9. The summed E-state index contributed by atoms with van der Waals surface area (Å²) in [4.78, 5) is 12.9. The summed E-state index contributed by atoms with van der Waals surface area (Å²) in [6.45, 7) is 1.81. The molecule has 5 nitrogen and oxygen atoms in total. The average molecular weight is 324 g/mol. The number of nitrogens with zero attached hydrogens (tertiary/aromatic N) is 5. The number of hydrogen-bond donors (Lipinski definition) is 0. The number of alkyl halides is 1. The van der Waals surface area contributed by atoms with E-state index in [0.717, 1.165) is 42.9 Å². The second kappa shape index (κ2) is 6.45. The number of aromatic nitrogens is 5. The number of pyridine rings is 1. The Bertz CT molecular complexity index is 720. The maximum absolute atomic E-state index is 5.98. The van der Waals surface area contributed by atoms with Crippen molar-refractivity contribution >= 4 is 34.4 Å². The summed E-state index contributed by atoms with van der Waals surface area (Å²) >= 11 is 11.9. The van der Waals surface area contributed by atoms with Crippen LogP contribution in [0.2, 0.25) is 5.02 Å². The van der Waals surface area contributed by atoms with Gasteiger partial charge in [-0.2, -0.15) is 0 Å². The summed E-state index contributed by atoms with van der Waals surface area (Å²) in [5, 5.41) is 0.591. The molecule has 110 valence electrons. The minimum absolute atomic E-state index is 0.371. The van der Waals surface area contributed by atoms with E-state index in [1.807, 2.05) is 18.6 Å². The van der Waals surface area contributed by atoms with Crippen molar-refractivity contribution in [1.29, 1.82) is 0 Å². The van der Waals surface area contributed by atoms with Crippen molar-refractivity contribution in [1.82, 2.24) is 24.1 Å². The van der Waals surface area contributed by atoms with E-state index < -0.39 is 0 Å². The second-order valence-electron chi connectivity index (χ2n) is 4.82. The normalized spacial score (nSPS) is 11.3. The van der Waals surface area contributed by atoms with Crippen molar-refractivity contribution in [2.45, 2.75) is 31.8 Å². The minimum Gasteiger partial charge on any atom is -0.337 e. The maximum Gasteiger partial charge on any atom is 0.160 e. The number of hydrogen-bond acceptors (Lipinski definition) is 3. The van der Waals surface area contributed by atoms with Crippen molar-refractivity contribution in [2.75, 3.05) is 0 Å². The fourth-order valence-corrected chi connectivity index (χ4v) is 2.71. The summed E-state index contributed by atoms with van der Waals surface area (Å²) in [7, 11) is 0. The molecule has 3 rings (SSSR count). The molecule has 0 aliphatic rings. The van der Waals surface area contributed by atoms with Crippen molar-refractivity contribution in [2.24, 2.45) is 0 Å². The van der Waals surface area contributed by atoms with Crippen LogP contribution in [-0.4, -0.2) is 24.1 Å². The third-order valence-corrected chi connectivity index (χ3v) is 3.80. The SMILES string of the molecule is ClCc1nc2cc(Cl)cnc2n1CCCCn1ccnc1. The first-order chi connectivity index (χ1) is 10.3. The highest BCUT2D eigenvalue weighted by molar-refractivity contribution is 6.31. The van der Waals surface area contributed by atoms with E-state index in [1.165, 1.54) is 0 Å². The van der Waals surface area contributed by atoms with E-state index >= 15 is 0 Å². The van der Waals surface area contributed by atoms with Crippen LogP contribution < -0.4 is 0 Å². The molecule has 7 heteroatoms. The number of fused-ring (bicyclic) bond motifs is 1. The zero-order chi connectivity index (χ0) is 14.7. The smallest absolute Gasteiger partial charge is 0.160 e. The predicted molar refractivity (Wildman–Crippen MR) is 83.6 cm³/mol. The molecule has 0 radical (unpaired) electrons. The van der Waals surface area contributed by atoms with Gasteiger partial charge in [0.2, 0.25) is 0 Å². The van der Waals surface area contributed by atoms with Crippen molar-refractivity contribution in [3.63, 3.8) is 0 Å². The third kappa shape index (κ3) is 3.19. The number of aryl methyl sites for hydroxylation is 2. The van der Waals surface area contributed by atoms with Crippen LogP contribution in [0.1, 0.15) is 18.7 Å². The van der Waals surface area contributed by atoms with Gasteiger partial charge in [-0.15, -0.1) is 11.6 Å². The predicted octanol–water partition coefficient (Wildman–Crippen LogP) is 3.50. The first kappa shape index (κ1) is 14.4. The average Bonchev–Trinajstić information content (AvgIpc) is 3.10.